The first-order chi connectivity index (χ1) is 18.3. The molecule has 4 aromatic rings. The predicted octanol–water partition coefficient (Wildman–Crippen LogP) is 1.10. The number of fused-ring (bicyclic) bond motifs is 4. The van der Waals surface area contributed by atoms with Crippen molar-refractivity contribution in [2.75, 3.05) is 25.6 Å². The van der Waals surface area contributed by atoms with Crippen molar-refractivity contribution < 1.29 is 35.9 Å². The van der Waals surface area contributed by atoms with Crippen LogP contribution in [0.2, 0.25) is 0 Å². The van der Waals surface area contributed by atoms with E-state index in [-0.39, 0.29) is 53.3 Å². The van der Waals surface area contributed by atoms with E-state index in [2.05, 4.69) is 47.7 Å². The number of aromatic nitrogens is 2. The van der Waals surface area contributed by atoms with Crippen molar-refractivity contribution in [3.63, 3.8) is 0 Å². The maximum Gasteiger partial charge on any atom is 0.266 e. The first kappa shape index (κ1) is 26.9. The number of likely N-dealkylation sites (N-methyl/N-ethyl adjacent to an activating group) is 1. The molecule has 1 amide bonds. The Kier molecular flexibility index (Phi) is 7.01. The Balaban J connectivity index is 0.00000308. The van der Waals surface area contributed by atoms with Crippen LogP contribution in [-0.2, 0) is 23.3 Å². The molecule has 1 saturated heterocycles. The van der Waals surface area contributed by atoms with Crippen molar-refractivity contribution in [3.05, 3.63) is 89.7 Å². The summed E-state index contributed by atoms with van der Waals surface area (Å²) in [5.74, 6) is 1.70. The summed E-state index contributed by atoms with van der Waals surface area (Å²) in [4.78, 5) is 31.4. The lowest BCUT2D eigenvalue weighted by Gasteiger charge is -2.34. The zero-order valence-corrected chi connectivity index (χ0v) is 24.3. The lowest BCUT2D eigenvalue weighted by molar-refractivity contribution is -0.664. The van der Waals surface area contributed by atoms with Gasteiger partial charge >= 0.3 is 0 Å². The highest BCUT2D eigenvalue weighted by Crippen LogP contribution is 2.51. The minimum atomic E-state index is -0.0838. The molecule has 2 atom stereocenters. The van der Waals surface area contributed by atoms with E-state index in [0.717, 1.165) is 35.6 Å². The predicted molar refractivity (Wildman–Crippen MR) is 147 cm³/mol. The molecule has 2 aliphatic rings. The number of carbonyl (C=O) groups excluding carboxylic acids is 2. The largest absolute Gasteiger partial charge is 1.00 e. The van der Waals surface area contributed by atoms with Gasteiger partial charge in [-0.15, -0.1) is 0 Å². The van der Waals surface area contributed by atoms with Crippen LogP contribution >= 0.6 is 0 Å². The van der Waals surface area contributed by atoms with Crippen LogP contribution in [-0.4, -0.2) is 48.0 Å². The van der Waals surface area contributed by atoms with E-state index in [1.54, 1.807) is 31.4 Å². The number of Topliss-reactive ketones (excluding diaryl/α,β-unsaturated/α-hetero) is 1. The number of anilines is 1. The summed E-state index contributed by atoms with van der Waals surface area (Å²) in [6, 6.07) is 23.7. The first-order valence-electron chi connectivity index (χ1n) is 13.1. The highest BCUT2D eigenvalue weighted by Gasteiger charge is 2.54. The summed E-state index contributed by atoms with van der Waals surface area (Å²) in [6.07, 6.45) is 0.935. The highest BCUT2D eigenvalue weighted by molar-refractivity contribution is 5.95. The van der Waals surface area contributed by atoms with E-state index in [1.807, 2.05) is 40.7 Å². The van der Waals surface area contributed by atoms with Gasteiger partial charge in [-0.3, -0.25) is 9.59 Å². The second-order valence-corrected chi connectivity index (χ2v) is 10.6. The number of hydrogen-bond acceptors (Lipinski definition) is 4. The normalized spacial score (nSPS) is 19.5. The fourth-order valence-corrected chi connectivity index (χ4v) is 6.57. The number of benzene rings is 3. The SMILES string of the molecule is COc1ccc(C(=O)C[n+]2c(C)n(CC(=O)N3CCC4(C)c5ccccc5N(C)C34)c3ccccc32)cc1.[Br-]. The number of rotatable bonds is 6. The quantitative estimate of drug-likeness (QED) is 0.250. The molecule has 2 unspecified atom stereocenters. The van der Waals surface area contributed by atoms with Gasteiger partial charge in [-0.25, -0.2) is 9.13 Å². The molecule has 0 saturated carbocycles. The van der Waals surface area contributed by atoms with Gasteiger partial charge in [0.05, 0.1) is 7.11 Å². The molecular weight excluding hydrogens is 556 g/mol. The Hall–Kier alpha value is -3.65. The van der Waals surface area contributed by atoms with E-state index < -0.39 is 0 Å². The monoisotopic (exact) mass is 588 g/mol. The van der Waals surface area contributed by atoms with Gasteiger partial charge in [-0.2, -0.15) is 0 Å². The zero-order valence-electron chi connectivity index (χ0n) is 22.7. The summed E-state index contributed by atoms with van der Waals surface area (Å²) in [5.41, 5.74) is 4.96. The summed E-state index contributed by atoms with van der Waals surface area (Å²) < 4.78 is 9.29. The van der Waals surface area contributed by atoms with Crippen LogP contribution in [0.4, 0.5) is 5.69 Å². The van der Waals surface area contributed by atoms with Crippen molar-refractivity contribution in [3.8, 4) is 5.75 Å². The molecule has 1 fully saturated rings. The second kappa shape index (κ2) is 10.2. The molecule has 3 heterocycles. The zero-order chi connectivity index (χ0) is 26.6. The topological polar surface area (TPSA) is 58.7 Å². The lowest BCUT2D eigenvalue weighted by Crippen LogP contribution is -3.00. The fourth-order valence-electron chi connectivity index (χ4n) is 6.57. The van der Waals surface area contributed by atoms with Crippen molar-refractivity contribution in [2.45, 2.75) is 44.9 Å². The standard InChI is InChI=1S/C31H33N4O3.BrH/c1-21-34(19-28(36)22-13-15-23(38-4)16-14-22)26-11-7-8-12-27(26)35(21)20-29(37)33-18-17-31(2)24-9-5-6-10-25(24)32(3)30(31)33;/h5-16,30H,17-20H2,1-4H3;1H/q+1;/p-1. The third-order valence-corrected chi connectivity index (χ3v) is 8.58. The van der Waals surface area contributed by atoms with E-state index >= 15 is 0 Å². The van der Waals surface area contributed by atoms with Gasteiger partial charge in [-0.1, -0.05) is 37.3 Å². The van der Waals surface area contributed by atoms with Crippen molar-refractivity contribution in [2.24, 2.45) is 0 Å². The van der Waals surface area contributed by atoms with Crippen molar-refractivity contribution in [1.82, 2.24) is 9.47 Å². The van der Waals surface area contributed by atoms with Crippen molar-refractivity contribution in [1.29, 1.82) is 0 Å². The molecular formula is C31H33BrN4O3. The number of amides is 1. The average molecular weight is 590 g/mol. The Morgan fingerprint density at radius 1 is 1.03 bits per heavy atom. The molecule has 1 aromatic heterocycles. The number of methoxy groups -OCH3 is 1. The minimum Gasteiger partial charge on any atom is -1.00 e. The molecule has 7 nitrogen and oxygen atoms in total. The second-order valence-electron chi connectivity index (χ2n) is 10.6. The van der Waals surface area contributed by atoms with E-state index in [1.165, 1.54) is 11.3 Å². The molecule has 0 N–H and O–H groups in total. The number of ketones is 1. The van der Waals surface area contributed by atoms with Crippen LogP contribution in [0.5, 0.6) is 5.75 Å². The summed E-state index contributed by atoms with van der Waals surface area (Å²) in [6.45, 7) is 5.42. The number of ether oxygens (including phenoxy) is 1. The van der Waals surface area contributed by atoms with Crippen LogP contribution in [0, 0.1) is 6.92 Å². The third kappa shape index (κ3) is 4.22. The van der Waals surface area contributed by atoms with E-state index in [4.69, 9.17) is 4.74 Å². The van der Waals surface area contributed by atoms with Gasteiger partial charge in [-0.05, 0) is 54.4 Å². The molecule has 0 spiro atoms. The van der Waals surface area contributed by atoms with Crippen molar-refractivity contribution >= 4 is 28.4 Å². The molecule has 3 aromatic carbocycles. The van der Waals surface area contributed by atoms with Crippen LogP contribution in [0.3, 0.4) is 0 Å². The Morgan fingerprint density at radius 2 is 1.72 bits per heavy atom. The lowest BCUT2D eigenvalue weighted by atomic mass is 9.81. The summed E-state index contributed by atoms with van der Waals surface area (Å²) in [5, 5.41) is 0. The van der Waals surface area contributed by atoms with Crippen LogP contribution in [0.25, 0.3) is 11.0 Å². The number of para-hydroxylation sites is 3. The Morgan fingerprint density at radius 3 is 2.46 bits per heavy atom. The molecule has 39 heavy (non-hydrogen) atoms. The molecule has 2 aliphatic heterocycles. The number of carbonyl (C=O) groups is 2. The Labute approximate surface area is 239 Å². The van der Waals surface area contributed by atoms with Gasteiger partial charge in [0, 0.05) is 37.2 Å². The maximum atomic E-state index is 13.9. The minimum absolute atomic E-state index is 0. The average Bonchev–Trinajstić information content (AvgIpc) is 3.51. The molecule has 202 valence electrons. The molecule has 6 rings (SSSR count). The first-order valence-corrected chi connectivity index (χ1v) is 13.1. The van der Waals surface area contributed by atoms with Crippen LogP contribution < -0.4 is 31.2 Å². The molecule has 0 bridgehead atoms. The molecule has 0 aliphatic carbocycles. The molecule has 0 radical (unpaired) electrons. The third-order valence-electron chi connectivity index (χ3n) is 8.58. The van der Waals surface area contributed by atoms with Gasteiger partial charge in [0.25, 0.3) is 11.7 Å². The number of halogens is 1. The summed E-state index contributed by atoms with van der Waals surface area (Å²) >= 11 is 0. The summed E-state index contributed by atoms with van der Waals surface area (Å²) in [7, 11) is 3.70. The number of nitrogens with zero attached hydrogens (tertiary/aromatic N) is 4. The van der Waals surface area contributed by atoms with Crippen LogP contribution in [0.15, 0.2) is 72.8 Å². The Bertz CT molecular complexity index is 1560. The highest BCUT2D eigenvalue weighted by atomic mass is 79.9. The smallest absolute Gasteiger partial charge is 0.266 e. The van der Waals surface area contributed by atoms with Gasteiger partial charge in [0.15, 0.2) is 24.1 Å². The van der Waals surface area contributed by atoms with E-state index in [0.29, 0.717) is 5.56 Å². The van der Waals surface area contributed by atoms with Gasteiger partial charge < -0.3 is 31.5 Å². The van der Waals surface area contributed by atoms with Gasteiger partial charge in [0.1, 0.15) is 11.9 Å². The fraction of sp³-hybridized carbons (Fsp3) is 0.323. The maximum absolute atomic E-state index is 13.9. The number of imidazole rings is 1. The number of hydrogen-bond donors (Lipinski definition) is 0. The van der Waals surface area contributed by atoms with E-state index in [9.17, 15) is 9.59 Å². The number of likely N-dealkylation sites (tertiary alicyclic amines) is 1. The van der Waals surface area contributed by atoms with Crippen LogP contribution in [0.1, 0.15) is 35.1 Å². The van der Waals surface area contributed by atoms with Gasteiger partial charge in [0.2, 0.25) is 5.78 Å². The molecule has 8 heteroatoms.